The van der Waals surface area contributed by atoms with Gasteiger partial charge in [-0.15, -0.1) is 10.2 Å². The van der Waals surface area contributed by atoms with Crippen LogP contribution in [0.3, 0.4) is 0 Å². The second kappa shape index (κ2) is 4.56. The molecule has 0 bridgehead atoms. The summed E-state index contributed by atoms with van der Waals surface area (Å²) < 4.78 is 0. The predicted molar refractivity (Wildman–Crippen MR) is 55.0 cm³/mol. The highest BCUT2D eigenvalue weighted by molar-refractivity contribution is 7.13. The van der Waals surface area contributed by atoms with Gasteiger partial charge in [-0.05, 0) is 12.8 Å². The second-order valence-electron chi connectivity index (χ2n) is 3.58. The molecule has 2 rings (SSSR count). The van der Waals surface area contributed by atoms with Crippen LogP contribution in [-0.2, 0) is 0 Å². The number of aromatic nitrogens is 2. The van der Waals surface area contributed by atoms with Crippen LogP contribution in [0.15, 0.2) is 5.51 Å². The largest absolute Gasteiger partial charge is 0.357 e. The summed E-state index contributed by atoms with van der Waals surface area (Å²) in [7, 11) is 0. The Morgan fingerprint density at radius 2 is 2.00 bits per heavy atom. The molecule has 1 aliphatic rings. The van der Waals surface area contributed by atoms with Crippen LogP contribution in [0.1, 0.15) is 38.5 Å². The van der Waals surface area contributed by atoms with Gasteiger partial charge < -0.3 is 5.32 Å². The molecule has 4 heteroatoms. The molecule has 13 heavy (non-hydrogen) atoms. The fraction of sp³-hybridized carbons (Fsp3) is 0.778. The molecule has 72 valence electrons. The van der Waals surface area contributed by atoms with Crippen LogP contribution in [-0.4, -0.2) is 16.2 Å². The molecule has 1 heterocycles. The zero-order chi connectivity index (χ0) is 8.93. The van der Waals surface area contributed by atoms with Gasteiger partial charge in [0.1, 0.15) is 5.51 Å². The SMILES string of the molecule is c1nnc(NC2CCCCCC2)s1. The first kappa shape index (κ1) is 8.94. The first-order chi connectivity index (χ1) is 6.45. The molecule has 0 saturated heterocycles. The summed E-state index contributed by atoms with van der Waals surface area (Å²) in [4.78, 5) is 0. The van der Waals surface area contributed by atoms with Crippen molar-refractivity contribution in [2.75, 3.05) is 5.32 Å². The molecule has 0 aliphatic heterocycles. The first-order valence-electron chi connectivity index (χ1n) is 4.98. The van der Waals surface area contributed by atoms with Gasteiger partial charge in [-0.25, -0.2) is 0 Å². The number of anilines is 1. The van der Waals surface area contributed by atoms with Crippen molar-refractivity contribution in [3.8, 4) is 0 Å². The van der Waals surface area contributed by atoms with E-state index in [1.807, 2.05) is 0 Å². The van der Waals surface area contributed by atoms with Crippen LogP contribution in [0.5, 0.6) is 0 Å². The lowest BCUT2D eigenvalue weighted by atomic mass is 10.1. The molecule has 0 spiro atoms. The molecule has 1 saturated carbocycles. The van der Waals surface area contributed by atoms with E-state index in [4.69, 9.17) is 0 Å². The van der Waals surface area contributed by atoms with Crippen molar-refractivity contribution in [3.05, 3.63) is 5.51 Å². The van der Waals surface area contributed by atoms with Crippen molar-refractivity contribution in [3.63, 3.8) is 0 Å². The number of rotatable bonds is 2. The number of nitrogens with zero attached hydrogens (tertiary/aromatic N) is 2. The van der Waals surface area contributed by atoms with Gasteiger partial charge in [0.15, 0.2) is 0 Å². The molecule has 1 aliphatic carbocycles. The maximum Gasteiger partial charge on any atom is 0.205 e. The molecule has 1 aromatic heterocycles. The predicted octanol–water partition coefficient (Wildman–Crippen LogP) is 2.67. The van der Waals surface area contributed by atoms with E-state index >= 15 is 0 Å². The van der Waals surface area contributed by atoms with Gasteiger partial charge in [-0.3, -0.25) is 0 Å². The van der Waals surface area contributed by atoms with Crippen molar-refractivity contribution in [2.24, 2.45) is 0 Å². The van der Waals surface area contributed by atoms with Crippen molar-refractivity contribution >= 4 is 16.5 Å². The van der Waals surface area contributed by atoms with Crippen molar-refractivity contribution in [2.45, 2.75) is 44.6 Å². The summed E-state index contributed by atoms with van der Waals surface area (Å²) in [5.74, 6) is 0. The van der Waals surface area contributed by atoms with E-state index < -0.39 is 0 Å². The molecule has 0 atom stereocenters. The third-order valence-electron chi connectivity index (χ3n) is 2.54. The average molecular weight is 197 g/mol. The lowest BCUT2D eigenvalue weighted by Crippen LogP contribution is -2.17. The van der Waals surface area contributed by atoms with Crippen molar-refractivity contribution < 1.29 is 0 Å². The van der Waals surface area contributed by atoms with Crippen molar-refractivity contribution in [1.82, 2.24) is 10.2 Å². The van der Waals surface area contributed by atoms with E-state index in [9.17, 15) is 0 Å². The smallest absolute Gasteiger partial charge is 0.205 e. The molecular weight excluding hydrogens is 182 g/mol. The van der Waals surface area contributed by atoms with E-state index in [1.54, 1.807) is 16.8 Å². The Labute approximate surface area is 82.6 Å². The second-order valence-corrected chi connectivity index (χ2v) is 4.41. The van der Waals surface area contributed by atoms with Gasteiger partial charge in [-0.1, -0.05) is 37.0 Å². The van der Waals surface area contributed by atoms with Gasteiger partial charge in [0, 0.05) is 6.04 Å². The molecule has 1 fully saturated rings. The Hall–Kier alpha value is -0.640. The number of hydrogen-bond acceptors (Lipinski definition) is 4. The summed E-state index contributed by atoms with van der Waals surface area (Å²) in [6.45, 7) is 0. The molecule has 0 aromatic carbocycles. The van der Waals surface area contributed by atoms with E-state index in [2.05, 4.69) is 15.5 Å². The molecule has 0 amide bonds. The lowest BCUT2D eigenvalue weighted by Gasteiger charge is -2.14. The zero-order valence-electron chi connectivity index (χ0n) is 7.70. The maximum absolute atomic E-state index is 4.00. The highest BCUT2D eigenvalue weighted by atomic mass is 32.1. The van der Waals surface area contributed by atoms with Crippen LogP contribution in [0, 0.1) is 0 Å². The molecule has 1 N–H and O–H groups in total. The zero-order valence-corrected chi connectivity index (χ0v) is 8.52. The minimum atomic E-state index is 0.635. The molecule has 3 nitrogen and oxygen atoms in total. The summed E-state index contributed by atoms with van der Waals surface area (Å²) in [6.07, 6.45) is 8.09. The summed E-state index contributed by atoms with van der Waals surface area (Å²) in [6, 6.07) is 0.635. The average Bonchev–Trinajstić information content (AvgIpc) is 2.49. The van der Waals surface area contributed by atoms with Gasteiger partial charge >= 0.3 is 0 Å². The van der Waals surface area contributed by atoms with E-state index in [0.717, 1.165) is 5.13 Å². The quantitative estimate of drug-likeness (QED) is 0.741. The normalized spacial score (nSPS) is 19.7. The minimum absolute atomic E-state index is 0.635. The van der Waals surface area contributed by atoms with Crippen LogP contribution >= 0.6 is 11.3 Å². The fourth-order valence-corrected chi connectivity index (χ4v) is 2.36. The van der Waals surface area contributed by atoms with Gasteiger partial charge in [0.25, 0.3) is 0 Å². The summed E-state index contributed by atoms with van der Waals surface area (Å²) >= 11 is 1.59. The highest BCUT2D eigenvalue weighted by Crippen LogP contribution is 2.21. The van der Waals surface area contributed by atoms with Gasteiger partial charge in [0.2, 0.25) is 5.13 Å². The lowest BCUT2D eigenvalue weighted by molar-refractivity contribution is 0.618. The third-order valence-corrected chi connectivity index (χ3v) is 3.17. The Morgan fingerprint density at radius 3 is 2.62 bits per heavy atom. The van der Waals surface area contributed by atoms with Crippen molar-refractivity contribution in [1.29, 1.82) is 0 Å². The van der Waals surface area contributed by atoms with E-state index in [1.165, 1.54) is 38.5 Å². The maximum atomic E-state index is 4.00. The van der Waals surface area contributed by atoms with Crippen LogP contribution in [0.4, 0.5) is 5.13 Å². The fourth-order valence-electron chi connectivity index (χ4n) is 1.83. The molecular formula is C9H15N3S. The third kappa shape index (κ3) is 2.66. The first-order valence-corrected chi connectivity index (χ1v) is 5.86. The monoisotopic (exact) mass is 197 g/mol. The van der Waals surface area contributed by atoms with Gasteiger partial charge in [-0.2, -0.15) is 0 Å². The minimum Gasteiger partial charge on any atom is -0.357 e. The van der Waals surface area contributed by atoms with E-state index in [0.29, 0.717) is 6.04 Å². The molecule has 0 unspecified atom stereocenters. The summed E-state index contributed by atoms with van der Waals surface area (Å²) in [5, 5.41) is 12.2. The Balaban J connectivity index is 1.86. The summed E-state index contributed by atoms with van der Waals surface area (Å²) in [5.41, 5.74) is 1.78. The van der Waals surface area contributed by atoms with Crippen LogP contribution in [0.2, 0.25) is 0 Å². The Morgan fingerprint density at radius 1 is 1.23 bits per heavy atom. The Bertz CT molecular complexity index is 227. The number of hydrogen-bond donors (Lipinski definition) is 1. The van der Waals surface area contributed by atoms with Gasteiger partial charge in [0.05, 0.1) is 0 Å². The van der Waals surface area contributed by atoms with Crippen LogP contribution < -0.4 is 5.32 Å². The number of nitrogens with one attached hydrogen (secondary N) is 1. The molecule has 1 aromatic rings. The standard InChI is InChI=1S/C9H15N3S/c1-2-4-6-8(5-3-1)11-9-12-10-7-13-9/h7-8H,1-6H2,(H,11,12). The topological polar surface area (TPSA) is 37.8 Å². The molecule has 0 radical (unpaired) electrons. The van der Waals surface area contributed by atoms with Crippen LogP contribution in [0.25, 0.3) is 0 Å². The highest BCUT2D eigenvalue weighted by Gasteiger charge is 2.12. The van der Waals surface area contributed by atoms with E-state index in [-0.39, 0.29) is 0 Å². The Kier molecular flexibility index (Phi) is 3.13.